The van der Waals surface area contributed by atoms with Gasteiger partial charge in [0.25, 0.3) is 11.7 Å². The lowest BCUT2D eigenvalue weighted by molar-refractivity contribution is -0.140. The lowest BCUT2D eigenvalue weighted by Gasteiger charge is -2.23. The number of ketones is 1. The van der Waals surface area contributed by atoms with Gasteiger partial charge in [-0.2, -0.15) is 0 Å². The maximum Gasteiger partial charge on any atom is 0.295 e. The zero-order valence-corrected chi connectivity index (χ0v) is 15.4. The molecule has 1 atom stereocenters. The minimum atomic E-state index is -0.849. The van der Waals surface area contributed by atoms with Gasteiger partial charge in [-0.15, -0.1) is 0 Å². The summed E-state index contributed by atoms with van der Waals surface area (Å²) in [6, 6.07) is 7.52. The molecule has 1 aliphatic rings. The van der Waals surface area contributed by atoms with Gasteiger partial charge in [0, 0.05) is 31.0 Å². The Labute approximate surface area is 165 Å². The third-order valence-corrected chi connectivity index (χ3v) is 4.84. The van der Waals surface area contributed by atoms with Gasteiger partial charge in [-0.3, -0.25) is 9.59 Å². The number of Topliss-reactive ketones (excluding diaryl/α,β-unsaturated/α-hetero) is 1. The van der Waals surface area contributed by atoms with E-state index in [0.29, 0.717) is 18.7 Å². The van der Waals surface area contributed by atoms with Crippen molar-refractivity contribution in [2.24, 2.45) is 0 Å². The smallest absolute Gasteiger partial charge is 0.295 e. The van der Waals surface area contributed by atoms with Crippen molar-refractivity contribution in [3.63, 3.8) is 0 Å². The van der Waals surface area contributed by atoms with Gasteiger partial charge < -0.3 is 19.0 Å². The summed E-state index contributed by atoms with van der Waals surface area (Å²) in [7, 11) is 0. The van der Waals surface area contributed by atoms with Gasteiger partial charge in [-0.05, 0) is 42.8 Å². The standard InChI is InChI=1S/C21H18FN3O4/c22-15-6-4-14(5-7-15)19(26)17-18(16-3-1-12-29-16)25(21(28)20(17)27)10-2-9-24-11-8-23-13-24/h1,3-8,11-13,18,26H,2,9-10H2/t18-/m0/s1. The zero-order valence-electron chi connectivity index (χ0n) is 15.4. The SMILES string of the molecule is O=C1C(=O)N(CCCn2ccnc2)[C@@H](c2ccco2)C1=C(O)c1ccc(F)cc1. The van der Waals surface area contributed by atoms with Crippen molar-refractivity contribution in [3.05, 3.63) is 84.1 Å². The van der Waals surface area contributed by atoms with Gasteiger partial charge >= 0.3 is 0 Å². The van der Waals surface area contributed by atoms with E-state index in [9.17, 15) is 19.1 Å². The molecule has 0 bridgehead atoms. The Kier molecular flexibility index (Phi) is 4.99. The molecule has 0 saturated carbocycles. The number of nitrogens with zero attached hydrogens (tertiary/aromatic N) is 3. The minimum Gasteiger partial charge on any atom is -0.507 e. The number of furan rings is 1. The number of likely N-dealkylation sites (tertiary alicyclic amines) is 1. The number of benzene rings is 1. The molecule has 1 aromatic carbocycles. The van der Waals surface area contributed by atoms with E-state index in [1.807, 2.05) is 10.8 Å². The van der Waals surface area contributed by atoms with Crippen LogP contribution in [0.4, 0.5) is 4.39 Å². The Balaban J connectivity index is 1.68. The summed E-state index contributed by atoms with van der Waals surface area (Å²) in [5.74, 6) is -1.96. The van der Waals surface area contributed by atoms with Crippen LogP contribution in [-0.2, 0) is 16.1 Å². The number of carbonyl (C=O) groups excluding carboxylic acids is 2. The molecule has 4 rings (SSSR count). The second kappa shape index (κ2) is 7.75. The van der Waals surface area contributed by atoms with E-state index in [0.717, 1.165) is 0 Å². The molecule has 0 radical (unpaired) electrons. The van der Waals surface area contributed by atoms with Crippen molar-refractivity contribution < 1.29 is 23.5 Å². The molecule has 0 spiro atoms. The maximum atomic E-state index is 13.2. The fourth-order valence-corrected chi connectivity index (χ4v) is 3.46. The number of carbonyl (C=O) groups is 2. The normalized spacial score (nSPS) is 18.5. The van der Waals surface area contributed by atoms with E-state index in [4.69, 9.17) is 4.42 Å². The van der Waals surface area contributed by atoms with Crippen LogP contribution in [0.5, 0.6) is 0 Å². The Morgan fingerprint density at radius 3 is 2.62 bits per heavy atom. The van der Waals surface area contributed by atoms with Crippen LogP contribution >= 0.6 is 0 Å². The number of aromatic nitrogens is 2. The van der Waals surface area contributed by atoms with Crippen LogP contribution < -0.4 is 0 Å². The molecule has 3 aromatic rings. The summed E-state index contributed by atoms with van der Waals surface area (Å²) in [6.45, 7) is 0.903. The quantitative estimate of drug-likeness (QED) is 0.394. The van der Waals surface area contributed by atoms with Crippen molar-refractivity contribution in [3.8, 4) is 0 Å². The highest BCUT2D eigenvalue weighted by atomic mass is 19.1. The molecular formula is C21H18FN3O4. The highest BCUT2D eigenvalue weighted by Gasteiger charge is 2.47. The summed E-state index contributed by atoms with van der Waals surface area (Å²) in [5.41, 5.74) is 0.179. The van der Waals surface area contributed by atoms with Gasteiger partial charge in [0.05, 0.1) is 18.2 Å². The third-order valence-electron chi connectivity index (χ3n) is 4.84. The van der Waals surface area contributed by atoms with Crippen LogP contribution in [-0.4, -0.2) is 37.8 Å². The van der Waals surface area contributed by atoms with Crippen molar-refractivity contribution in [1.82, 2.24) is 14.5 Å². The van der Waals surface area contributed by atoms with E-state index in [2.05, 4.69) is 4.98 Å². The summed E-state index contributed by atoms with van der Waals surface area (Å²) in [4.78, 5) is 30.8. The van der Waals surface area contributed by atoms with Gasteiger partial charge in [0.1, 0.15) is 23.4 Å². The molecular weight excluding hydrogens is 377 g/mol. The molecule has 0 aliphatic carbocycles. The molecule has 148 valence electrons. The number of hydrogen-bond donors (Lipinski definition) is 1. The lowest BCUT2D eigenvalue weighted by atomic mass is 9.99. The summed E-state index contributed by atoms with van der Waals surface area (Å²) in [6.07, 6.45) is 7.17. The Morgan fingerprint density at radius 1 is 1.17 bits per heavy atom. The first kappa shape index (κ1) is 18.7. The largest absolute Gasteiger partial charge is 0.507 e. The van der Waals surface area contributed by atoms with Gasteiger partial charge in [-0.1, -0.05) is 0 Å². The number of imidazole rings is 1. The van der Waals surface area contributed by atoms with E-state index >= 15 is 0 Å². The van der Waals surface area contributed by atoms with Crippen LogP contribution in [0.25, 0.3) is 5.76 Å². The number of halogens is 1. The molecule has 29 heavy (non-hydrogen) atoms. The van der Waals surface area contributed by atoms with Gasteiger partial charge in [-0.25, -0.2) is 9.37 Å². The topological polar surface area (TPSA) is 88.6 Å². The molecule has 1 N–H and O–H groups in total. The van der Waals surface area contributed by atoms with E-state index in [1.54, 1.807) is 24.7 Å². The maximum absolute atomic E-state index is 13.2. The molecule has 1 fully saturated rings. The highest BCUT2D eigenvalue weighted by molar-refractivity contribution is 6.46. The first-order chi connectivity index (χ1) is 14.1. The lowest BCUT2D eigenvalue weighted by Crippen LogP contribution is -2.31. The van der Waals surface area contributed by atoms with E-state index < -0.39 is 23.5 Å². The van der Waals surface area contributed by atoms with Crippen LogP contribution in [0.15, 0.2) is 71.4 Å². The van der Waals surface area contributed by atoms with Crippen LogP contribution in [0, 0.1) is 5.82 Å². The monoisotopic (exact) mass is 395 g/mol. The molecule has 1 saturated heterocycles. The first-order valence-corrected chi connectivity index (χ1v) is 9.10. The highest BCUT2D eigenvalue weighted by Crippen LogP contribution is 2.39. The fourth-order valence-electron chi connectivity index (χ4n) is 3.46. The number of rotatable bonds is 6. The van der Waals surface area contributed by atoms with Crippen molar-refractivity contribution in [1.29, 1.82) is 0 Å². The molecule has 1 aliphatic heterocycles. The third kappa shape index (κ3) is 3.56. The Bertz CT molecular complexity index is 1040. The van der Waals surface area contributed by atoms with Crippen LogP contribution in [0.1, 0.15) is 23.8 Å². The number of aliphatic hydroxyl groups is 1. The van der Waals surface area contributed by atoms with E-state index in [1.165, 1.54) is 35.4 Å². The van der Waals surface area contributed by atoms with Crippen LogP contribution in [0.3, 0.4) is 0 Å². The first-order valence-electron chi connectivity index (χ1n) is 9.10. The molecule has 2 aromatic heterocycles. The summed E-state index contributed by atoms with van der Waals surface area (Å²) >= 11 is 0. The Hall–Kier alpha value is -3.68. The average molecular weight is 395 g/mol. The number of aryl methyl sites for hydroxylation is 1. The second-order valence-corrected chi connectivity index (χ2v) is 6.67. The van der Waals surface area contributed by atoms with Crippen LogP contribution in [0.2, 0.25) is 0 Å². The zero-order chi connectivity index (χ0) is 20.4. The Morgan fingerprint density at radius 2 is 1.97 bits per heavy atom. The molecule has 1 amide bonds. The number of aliphatic hydroxyl groups excluding tert-OH is 1. The number of amides is 1. The fraction of sp³-hybridized carbons (Fsp3) is 0.190. The molecule has 0 unspecified atom stereocenters. The predicted molar refractivity (Wildman–Crippen MR) is 101 cm³/mol. The van der Waals surface area contributed by atoms with Gasteiger partial charge in [0.2, 0.25) is 0 Å². The summed E-state index contributed by atoms with van der Waals surface area (Å²) in [5, 5.41) is 10.8. The minimum absolute atomic E-state index is 0.0702. The molecule has 7 nitrogen and oxygen atoms in total. The molecule has 8 heteroatoms. The van der Waals surface area contributed by atoms with Crippen molar-refractivity contribution in [2.75, 3.05) is 6.54 Å². The average Bonchev–Trinajstić information content (AvgIpc) is 3.46. The molecule has 3 heterocycles. The number of hydrogen-bond acceptors (Lipinski definition) is 5. The van der Waals surface area contributed by atoms with Crippen molar-refractivity contribution in [2.45, 2.75) is 19.0 Å². The second-order valence-electron chi connectivity index (χ2n) is 6.67. The van der Waals surface area contributed by atoms with Gasteiger partial charge in [0.15, 0.2) is 0 Å². The van der Waals surface area contributed by atoms with Crippen molar-refractivity contribution >= 4 is 17.4 Å². The summed E-state index contributed by atoms with van der Waals surface area (Å²) < 4.78 is 20.6. The predicted octanol–water partition coefficient (Wildman–Crippen LogP) is 3.13. The van der Waals surface area contributed by atoms with E-state index in [-0.39, 0.29) is 23.4 Å².